The number of hydrogen-bond donors (Lipinski definition) is 1. The molecule has 20 heavy (non-hydrogen) atoms. The van der Waals surface area contributed by atoms with Gasteiger partial charge in [-0.3, -0.25) is 0 Å². The number of aromatic carboxylic acids is 1. The van der Waals surface area contributed by atoms with Crippen LogP contribution in [-0.2, 0) is 12.0 Å². The molecular formula is C15H17NO4. The van der Waals surface area contributed by atoms with E-state index in [9.17, 15) is 4.79 Å². The van der Waals surface area contributed by atoms with Crippen molar-refractivity contribution in [3.8, 4) is 5.75 Å². The summed E-state index contributed by atoms with van der Waals surface area (Å²) >= 11 is 0. The fraction of sp³-hybridized carbons (Fsp3) is 0.333. The lowest BCUT2D eigenvalue weighted by Gasteiger charge is -2.19. The lowest BCUT2D eigenvalue weighted by Crippen LogP contribution is -2.10. The molecule has 1 aromatic carbocycles. The first-order valence-corrected chi connectivity index (χ1v) is 6.28. The first kappa shape index (κ1) is 14.1. The molecule has 1 aromatic heterocycles. The highest BCUT2D eigenvalue weighted by Gasteiger charge is 2.14. The number of hydrogen-bond acceptors (Lipinski definition) is 4. The molecule has 106 valence electrons. The van der Waals surface area contributed by atoms with Gasteiger partial charge in [0.25, 0.3) is 0 Å². The van der Waals surface area contributed by atoms with Crippen molar-refractivity contribution < 1.29 is 19.2 Å². The summed E-state index contributed by atoms with van der Waals surface area (Å²) in [5, 5.41) is 12.2. The van der Waals surface area contributed by atoms with E-state index >= 15 is 0 Å². The predicted molar refractivity (Wildman–Crippen MR) is 72.9 cm³/mol. The van der Waals surface area contributed by atoms with Crippen molar-refractivity contribution >= 4 is 5.97 Å². The molecule has 5 heteroatoms. The molecule has 2 aromatic rings. The Balaban J connectivity index is 2.05. The predicted octanol–water partition coefficient (Wildman–Crippen LogP) is 3.25. The highest BCUT2D eigenvalue weighted by atomic mass is 16.5. The van der Waals surface area contributed by atoms with Crippen LogP contribution in [-0.4, -0.2) is 16.2 Å². The van der Waals surface area contributed by atoms with Gasteiger partial charge < -0.3 is 14.4 Å². The van der Waals surface area contributed by atoms with Gasteiger partial charge in [-0.25, -0.2) is 4.79 Å². The average molecular weight is 275 g/mol. The van der Waals surface area contributed by atoms with Crippen LogP contribution >= 0.6 is 0 Å². The van der Waals surface area contributed by atoms with Gasteiger partial charge in [0.1, 0.15) is 12.4 Å². The normalized spacial score (nSPS) is 11.3. The zero-order valence-corrected chi connectivity index (χ0v) is 11.7. The number of benzene rings is 1. The summed E-state index contributed by atoms with van der Waals surface area (Å²) in [5.41, 5.74) is 1.09. The first-order valence-electron chi connectivity index (χ1n) is 6.28. The Morgan fingerprint density at radius 3 is 2.70 bits per heavy atom. The molecule has 0 unspecified atom stereocenters. The molecule has 0 saturated heterocycles. The molecule has 0 radical (unpaired) electrons. The van der Waals surface area contributed by atoms with Crippen LogP contribution in [0.1, 0.15) is 42.6 Å². The minimum absolute atomic E-state index is 0.0437. The van der Waals surface area contributed by atoms with E-state index in [1.807, 2.05) is 24.3 Å². The van der Waals surface area contributed by atoms with Gasteiger partial charge in [0.05, 0.1) is 0 Å². The second kappa shape index (κ2) is 5.36. The molecule has 0 saturated carbocycles. The molecule has 0 aliphatic carbocycles. The van der Waals surface area contributed by atoms with E-state index in [1.165, 1.54) is 11.6 Å². The summed E-state index contributed by atoms with van der Waals surface area (Å²) in [4.78, 5) is 10.7. The number of carboxylic acids is 1. The highest BCUT2D eigenvalue weighted by molar-refractivity contribution is 5.85. The molecular weight excluding hydrogens is 258 g/mol. The maximum absolute atomic E-state index is 10.7. The quantitative estimate of drug-likeness (QED) is 0.927. The molecule has 0 bridgehead atoms. The third-order valence-corrected chi connectivity index (χ3v) is 2.86. The van der Waals surface area contributed by atoms with Crippen LogP contribution in [0.15, 0.2) is 34.9 Å². The van der Waals surface area contributed by atoms with Crippen molar-refractivity contribution in [3.63, 3.8) is 0 Å². The number of carbonyl (C=O) groups is 1. The second-order valence-electron chi connectivity index (χ2n) is 5.55. The van der Waals surface area contributed by atoms with E-state index in [2.05, 4.69) is 25.9 Å². The molecule has 0 fully saturated rings. The summed E-state index contributed by atoms with van der Waals surface area (Å²) in [7, 11) is 0. The summed E-state index contributed by atoms with van der Waals surface area (Å²) in [5.74, 6) is -0.0241. The number of rotatable bonds is 4. The van der Waals surface area contributed by atoms with Gasteiger partial charge in [-0.2, -0.15) is 0 Å². The number of ether oxygens (including phenoxy) is 1. The number of nitrogens with zero attached hydrogens (tertiary/aromatic N) is 1. The maximum Gasteiger partial charge on any atom is 0.358 e. The Morgan fingerprint density at radius 2 is 2.10 bits per heavy atom. The Labute approximate surface area is 117 Å². The van der Waals surface area contributed by atoms with Crippen molar-refractivity contribution in [1.82, 2.24) is 5.16 Å². The monoisotopic (exact) mass is 275 g/mol. The van der Waals surface area contributed by atoms with Crippen LogP contribution in [0.3, 0.4) is 0 Å². The van der Waals surface area contributed by atoms with Crippen LogP contribution in [0, 0.1) is 0 Å². The third kappa shape index (κ3) is 3.38. The van der Waals surface area contributed by atoms with Crippen molar-refractivity contribution in [3.05, 3.63) is 47.3 Å². The molecule has 1 heterocycles. The average Bonchev–Trinajstić information content (AvgIpc) is 2.85. The molecule has 0 spiro atoms. The fourth-order valence-corrected chi connectivity index (χ4v) is 1.69. The van der Waals surface area contributed by atoms with Gasteiger partial charge in [0.2, 0.25) is 0 Å². The van der Waals surface area contributed by atoms with Crippen molar-refractivity contribution in [2.24, 2.45) is 0 Å². The SMILES string of the molecule is CC(C)(C)c1cccc(OCc2cc(C(=O)O)no2)c1. The van der Waals surface area contributed by atoms with E-state index in [0.29, 0.717) is 11.5 Å². The second-order valence-corrected chi connectivity index (χ2v) is 5.55. The van der Waals surface area contributed by atoms with E-state index in [-0.39, 0.29) is 17.7 Å². The summed E-state index contributed by atoms with van der Waals surface area (Å²) in [6.45, 7) is 6.53. The Kier molecular flexibility index (Phi) is 3.79. The zero-order valence-electron chi connectivity index (χ0n) is 11.7. The topological polar surface area (TPSA) is 72.6 Å². The van der Waals surface area contributed by atoms with Crippen molar-refractivity contribution in [2.75, 3.05) is 0 Å². The van der Waals surface area contributed by atoms with Gasteiger partial charge in [-0.1, -0.05) is 38.1 Å². The molecule has 0 atom stereocenters. The molecule has 5 nitrogen and oxygen atoms in total. The lowest BCUT2D eigenvalue weighted by atomic mass is 9.87. The fourth-order valence-electron chi connectivity index (χ4n) is 1.69. The van der Waals surface area contributed by atoms with Crippen molar-refractivity contribution in [2.45, 2.75) is 32.8 Å². The molecule has 2 rings (SSSR count). The van der Waals surface area contributed by atoms with E-state index in [1.54, 1.807) is 0 Å². The number of carboxylic acid groups (broad SMARTS) is 1. The van der Waals surface area contributed by atoms with E-state index < -0.39 is 5.97 Å². The lowest BCUT2D eigenvalue weighted by molar-refractivity contribution is 0.0685. The molecule has 0 aliphatic rings. The third-order valence-electron chi connectivity index (χ3n) is 2.86. The standard InChI is InChI=1S/C15H17NO4/c1-15(2,3)10-5-4-6-11(7-10)19-9-12-8-13(14(17)18)16-20-12/h4-8H,9H2,1-3H3,(H,17,18). The van der Waals surface area contributed by atoms with Gasteiger partial charge in [-0.15, -0.1) is 0 Å². The Hall–Kier alpha value is -2.30. The summed E-state index contributed by atoms with van der Waals surface area (Å²) in [6.07, 6.45) is 0. The van der Waals surface area contributed by atoms with Gasteiger partial charge in [0, 0.05) is 6.07 Å². The van der Waals surface area contributed by atoms with Gasteiger partial charge in [0.15, 0.2) is 11.5 Å². The first-order chi connectivity index (χ1) is 9.36. The van der Waals surface area contributed by atoms with Crippen LogP contribution in [0.5, 0.6) is 5.75 Å². The highest BCUT2D eigenvalue weighted by Crippen LogP contribution is 2.26. The Morgan fingerprint density at radius 1 is 1.35 bits per heavy atom. The van der Waals surface area contributed by atoms with Gasteiger partial charge >= 0.3 is 5.97 Å². The molecule has 0 amide bonds. The molecule has 1 N–H and O–H groups in total. The Bertz CT molecular complexity index is 610. The molecule has 0 aliphatic heterocycles. The largest absolute Gasteiger partial charge is 0.486 e. The van der Waals surface area contributed by atoms with Crippen LogP contribution in [0.25, 0.3) is 0 Å². The minimum Gasteiger partial charge on any atom is -0.486 e. The smallest absolute Gasteiger partial charge is 0.358 e. The summed E-state index contributed by atoms with van der Waals surface area (Å²) in [6, 6.07) is 9.15. The number of aromatic nitrogens is 1. The van der Waals surface area contributed by atoms with Gasteiger partial charge in [-0.05, 0) is 23.1 Å². The van der Waals surface area contributed by atoms with Crippen LogP contribution in [0.4, 0.5) is 0 Å². The van der Waals surface area contributed by atoms with E-state index in [0.717, 1.165) is 0 Å². The van der Waals surface area contributed by atoms with Crippen LogP contribution in [0.2, 0.25) is 0 Å². The van der Waals surface area contributed by atoms with Crippen molar-refractivity contribution in [1.29, 1.82) is 0 Å². The van der Waals surface area contributed by atoms with E-state index in [4.69, 9.17) is 14.4 Å². The summed E-state index contributed by atoms with van der Waals surface area (Å²) < 4.78 is 10.5. The zero-order chi connectivity index (χ0) is 14.8. The maximum atomic E-state index is 10.7. The van der Waals surface area contributed by atoms with Crippen LogP contribution < -0.4 is 4.74 Å². The minimum atomic E-state index is -1.12.